The van der Waals surface area contributed by atoms with Crippen LogP contribution in [0.1, 0.15) is 44.0 Å². The highest BCUT2D eigenvalue weighted by molar-refractivity contribution is 5.21. The maximum absolute atomic E-state index is 5.44. The molecule has 96 valence electrons. The minimum Gasteiger partial charge on any atom is -0.382 e. The SMILES string of the molecule is CCCNC(CCOCC)c1ncccc1C. The fourth-order valence-electron chi connectivity index (χ4n) is 1.86. The predicted octanol–water partition coefficient (Wildman–Crippen LogP) is 2.86. The topological polar surface area (TPSA) is 34.1 Å². The molecule has 3 heteroatoms. The lowest BCUT2D eigenvalue weighted by Gasteiger charge is -2.19. The molecule has 0 fully saturated rings. The first-order valence-corrected chi connectivity index (χ1v) is 6.52. The van der Waals surface area contributed by atoms with Gasteiger partial charge in [-0.25, -0.2) is 0 Å². The number of rotatable bonds is 8. The predicted molar refractivity (Wildman–Crippen MR) is 71.1 cm³/mol. The highest BCUT2D eigenvalue weighted by Crippen LogP contribution is 2.18. The van der Waals surface area contributed by atoms with Gasteiger partial charge in [0.15, 0.2) is 0 Å². The van der Waals surface area contributed by atoms with Crippen molar-refractivity contribution >= 4 is 0 Å². The molecule has 0 saturated carbocycles. The third-order valence-corrected chi connectivity index (χ3v) is 2.78. The van der Waals surface area contributed by atoms with Crippen molar-refractivity contribution in [3.63, 3.8) is 0 Å². The lowest BCUT2D eigenvalue weighted by atomic mass is 10.1. The number of aryl methyl sites for hydroxylation is 1. The second-order valence-corrected chi connectivity index (χ2v) is 4.20. The maximum Gasteiger partial charge on any atom is 0.0603 e. The Kier molecular flexibility index (Phi) is 6.82. The molecule has 0 spiro atoms. The van der Waals surface area contributed by atoms with Crippen molar-refractivity contribution in [2.24, 2.45) is 0 Å². The Morgan fingerprint density at radius 3 is 2.88 bits per heavy atom. The van der Waals surface area contributed by atoms with E-state index in [2.05, 4.69) is 30.2 Å². The Labute approximate surface area is 105 Å². The van der Waals surface area contributed by atoms with E-state index >= 15 is 0 Å². The van der Waals surface area contributed by atoms with Crippen molar-refractivity contribution in [2.75, 3.05) is 19.8 Å². The van der Waals surface area contributed by atoms with E-state index in [0.29, 0.717) is 6.04 Å². The molecule has 1 rings (SSSR count). The molecular formula is C14H24N2O. The summed E-state index contributed by atoms with van der Waals surface area (Å²) in [6.45, 7) is 8.91. The van der Waals surface area contributed by atoms with E-state index in [1.165, 1.54) is 5.56 Å². The van der Waals surface area contributed by atoms with Gasteiger partial charge < -0.3 is 10.1 Å². The van der Waals surface area contributed by atoms with Crippen molar-refractivity contribution in [3.8, 4) is 0 Å². The molecule has 17 heavy (non-hydrogen) atoms. The number of nitrogens with zero attached hydrogens (tertiary/aromatic N) is 1. The van der Waals surface area contributed by atoms with Gasteiger partial charge >= 0.3 is 0 Å². The normalized spacial score (nSPS) is 12.6. The number of aromatic nitrogens is 1. The molecule has 3 nitrogen and oxygen atoms in total. The van der Waals surface area contributed by atoms with E-state index < -0.39 is 0 Å². The third kappa shape index (κ3) is 4.84. The van der Waals surface area contributed by atoms with E-state index in [0.717, 1.165) is 38.3 Å². The Morgan fingerprint density at radius 2 is 2.24 bits per heavy atom. The monoisotopic (exact) mass is 236 g/mol. The molecule has 0 saturated heterocycles. The fraction of sp³-hybridized carbons (Fsp3) is 0.643. The van der Waals surface area contributed by atoms with Gasteiger partial charge in [-0.2, -0.15) is 0 Å². The summed E-state index contributed by atoms with van der Waals surface area (Å²) in [6, 6.07) is 4.41. The molecule has 1 N–H and O–H groups in total. The first-order chi connectivity index (χ1) is 8.29. The number of pyridine rings is 1. The summed E-state index contributed by atoms with van der Waals surface area (Å²) in [5.41, 5.74) is 2.40. The van der Waals surface area contributed by atoms with Crippen molar-refractivity contribution in [1.29, 1.82) is 0 Å². The summed E-state index contributed by atoms with van der Waals surface area (Å²) in [5.74, 6) is 0. The number of nitrogens with one attached hydrogen (secondary N) is 1. The second-order valence-electron chi connectivity index (χ2n) is 4.20. The average Bonchev–Trinajstić information content (AvgIpc) is 2.35. The van der Waals surface area contributed by atoms with Crippen LogP contribution in [0.3, 0.4) is 0 Å². The van der Waals surface area contributed by atoms with Gasteiger partial charge in [-0.1, -0.05) is 13.0 Å². The van der Waals surface area contributed by atoms with Crippen LogP contribution in [0, 0.1) is 6.92 Å². The summed E-state index contributed by atoms with van der Waals surface area (Å²) in [7, 11) is 0. The number of ether oxygens (including phenoxy) is 1. The Bertz CT molecular complexity index is 315. The van der Waals surface area contributed by atoms with Crippen LogP contribution in [-0.2, 0) is 4.74 Å². The molecule has 0 aromatic carbocycles. The lowest BCUT2D eigenvalue weighted by molar-refractivity contribution is 0.136. The van der Waals surface area contributed by atoms with Crippen LogP contribution in [0.15, 0.2) is 18.3 Å². The first-order valence-electron chi connectivity index (χ1n) is 6.52. The Balaban J connectivity index is 2.64. The van der Waals surface area contributed by atoms with Gasteiger partial charge in [-0.3, -0.25) is 4.98 Å². The Hall–Kier alpha value is -0.930. The zero-order valence-corrected chi connectivity index (χ0v) is 11.2. The lowest BCUT2D eigenvalue weighted by Crippen LogP contribution is -2.25. The molecule has 1 atom stereocenters. The average molecular weight is 236 g/mol. The quantitative estimate of drug-likeness (QED) is 0.705. The van der Waals surface area contributed by atoms with Gasteiger partial charge in [-0.05, 0) is 44.9 Å². The van der Waals surface area contributed by atoms with E-state index in [1.54, 1.807) is 0 Å². The summed E-state index contributed by atoms with van der Waals surface area (Å²) < 4.78 is 5.44. The molecule has 0 radical (unpaired) electrons. The van der Waals surface area contributed by atoms with Crippen LogP contribution in [0.2, 0.25) is 0 Å². The van der Waals surface area contributed by atoms with E-state index in [1.807, 2.05) is 19.2 Å². The van der Waals surface area contributed by atoms with Crippen LogP contribution >= 0.6 is 0 Å². The van der Waals surface area contributed by atoms with Crippen molar-refractivity contribution in [3.05, 3.63) is 29.6 Å². The zero-order chi connectivity index (χ0) is 12.5. The minimum absolute atomic E-state index is 0.308. The second kappa shape index (κ2) is 8.20. The van der Waals surface area contributed by atoms with Gasteiger partial charge in [0.2, 0.25) is 0 Å². The van der Waals surface area contributed by atoms with Gasteiger partial charge in [0.1, 0.15) is 0 Å². The largest absolute Gasteiger partial charge is 0.382 e. The molecule has 1 heterocycles. The molecule has 0 amide bonds. The highest BCUT2D eigenvalue weighted by Gasteiger charge is 2.13. The smallest absolute Gasteiger partial charge is 0.0603 e. The van der Waals surface area contributed by atoms with E-state index in [-0.39, 0.29) is 0 Å². The summed E-state index contributed by atoms with van der Waals surface area (Å²) in [6.07, 6.45) is 3.98. The Morgan fingerprint density at radius 1 is 1.41 bits per heavy atom. The molecule has 1 unspecified atom stereocenters. The zero-order valence-electron chi connectivity index (χ0n) is 11.2. The van der Waals surface area contributed by atoms with E-state index in [9.17, 15) is 0 Å². The molecule has 1 aromatic heterocycles. The van der Waals surface area contributed by atoms with Crippen LogP contribution < -0.4 is 5.32 Å². The van der Waals surface area contributed by atoms with Crippen LogP contribution in [0.5, 0.6) is 0 Å². The first kappa shape index (κ1) is 14.1. The molecular weight excluding hydrogens is 212 g/mol. The fourth-order valence-corrected chi connectivity index (χ4v) is 1.86. The molecule has 0 bridgehead atoms. The van der Waals surface area contributed by atoms with Gasteiger partial charge in [-0.15, -0.1) is 0 Å². The molecule has 1 aromatic rings. The minimum atomic E-state index is 0.308. The van der Waals surface area contributed by atoms with Crippen molar-refractivity contribution in [1.82, 2.24) is 10.3 Å². The van der Waals surface area contributed by atoms with Crippen LogP contribution in [-0.4, -0.2) is 24.7 Å². The van der Waals surface area contributed by atoms with Crippen LogP contribution in [0.4, 0.5) is 0 Å². The van der Waals surface area contributed by atoms with E-state index in [4.69, 9.17) is 4.74 Å². The van der Waals surface area contributed by atoms with Gasteiger partial charge in [0, 0.05) is 19.4 Å². The van der Waals surface area contributed by atoms with Crippen molar-refractivity contribution < 1.29 is 4.74 Å². The third-order valence-electron chi connectivity index (χ3n) is 2.78. The summed E-state index contributed by atoms with van der Waals surface area (Å²) >= 11 is 0. The number of hydrogen-bond acceptors (Lipinski definition) is 3. The van der Waals surface area contributed by atoms with Crippen LogP contribution in [0.25, 0.3) is 0 Å². The van der Waals surface area contributed by atoms with Gasteiger partial charge in [0.25, 0.3) is 0 Å². The van der Waals surface area contributed by atoms with Crippen molar-refractivity contribution in [2.45, 2.75) is 39.7 Å². The molecule has 0 aliphatic carbocycles. The maximum atomic E-state index is 5.44. The molecule has 0 aliphatic rings. The van der Waals surface area contributed by atoms with Gasteiger partial charge in [0.05, 0.1) is 11.7 Å². The summed E-state index contributed by atoms with van der Waals surface area (Å²) in [5, 5.41) is 3.54. The standard InChI is InChI=1S/C14H24N2O/c1-4-9-15-13(8-11-17-5-2)14-12(3)7-6-10-16-14/h6-7,10,13,15H,4-5,8-9,11H2,1-3H3. The molecule has 0 aliphatic heterocycles. The highest BCUT2D eigenvalue weighted by atomic mass is 16.5. The summed E-state index contributed by atoms with van der Waals surface area (Å²) in [4.78, 5) is 4.49. The number of hydrogen-bond donors (Lipinski definition) is 1.